The van der Waals surface area contributed by atoms with Crippen LogP contribution in [0.4, 0.5) is 11.4 Å². The van der Waals surface area contributed by atoms with Crippen LogP contribution in [0.15, 0.2) is 119 Å². The summed E-state index contributed by atoms with van der Waals surface area (Å²) in [5.41, 5.74) is 3.77. The Kier molecular flexibility index (Phi) is 8.63. The van der Waals surface area contributed by atoms with E-state index in [1.807, 2.05) is 122 Å². The first-order valence-electron chi connectivity index (χ1n) is 11.5. The molecule has 0 spiro atoms. The molecule has 0 aromatic heterocycles. The van der Waals surface area contributed by atoms with E-state index in [1.165, 1.54) is 0 Å². The SMILES string of the molecule is C(=Nc1ccccc1)c1ccccc1OCCCCOc1ccccc1C=Nc1ccccc1. The van der Waals surface area contributed by atoms with Crippen molar-refractivity contribution in [3.63, 3.8) is 0 Å². The predicted molar refractivity (Wildman–Crippen MR) is 140 cm³/mol. The Balaban J connectivity index is 1.24. The predicted octanol–water partition coefficient (Wildman–Crippen LogP) is 7.43. The van der Waals surface area contributed by atoms with Crippen LogP contribution in [0.1, 0.15) is 24.0 Å². The lowest BCUT2D eigenvalue weighted by Gasteiger charge is -2.11. The summed E-state index contributed by atoms with van der Waals surface area (Å²) in [4.78, 5) is 9.07. The van der Waals surface area contributed by atoms with Crippen molar-refractivity contribution in [2.75, 3.05) is 13.2 Å². The molecule has 4 rings (SSSR count). The second kappa shape index (κ2) is 12.8. The van der Waals surface area contributed by atoms with Crippen molar-refractivity contribution in [3.8, 4) is 11.5 Å². The van der Waals surface area contributed by atoms with Crippen molar-refractivity contribution < 1.29 is 9.47 Å². The Bertz CT molecular complexity index is 1110. The van der Waals surface area contributed by atoms with Gasteiger partial charge in [-0.15, -0.1) is 0 Å². The summed E-state index contributed by atoms with van der Waals surface area (Å²) in [7, 11) is 0. The van der Waals surface area contributed by atoms with Crippen LogP contribution in [-0.4, -0.2) is 25.6 Å². The maximum atomic E-state index is 6.02. The molecule has 0 fully saturated rings. The van der Waals surface area contributed by atoms with Gasteiger partial charge in [0.05, 0.1) is 24.6 Å². The fourth-order valence-corrected chi connectivity index (χ4v) is 3.32. The Hall–Kier alpha value is -4.18. The van der Waals surface area contributed by atoms with Gasteiger partial charge in [-0.25, -0.2) is 0 Å². The summed E-state index contributed by atoms with van der Waals surface area (Å²) in [6.07, 6.45) is 5.48. The Morgan fingerprint density at radius 2 is 0.853 bits per heavy atom. The molecule has 0 aliphatic rings. The molecular formula is C30H28N2O2. The van der Waals surface area contributed by atoms with Crippen LogP contribution < -0.4 is 9.47 Å². The van der Waals surface area contributed by atoms with E-state index >= 15 is 0 Å². The summed E-state index contributed by atoms with van der Waals surface area (Å²) in [6.45, 7) is 1.24. The molecule has 0 bridgehead atoms. The lowest BCUT2D eigenvalue weighted by molar-refractivity contribution is 0.266. The molecule has 0 radical (unpaired) electrons. The molecule has 0 unspecified atom stereocenters. The van der Waals surface area contributed by atoms with E-state index in [0.29, 0.717) is 13.2 Å². The van der Waals surface area contributed by atoms with E-state index < -0.39 is 0 Å². The number of ether oxygens (including phenoxy) is 2. The standard InChI is InChI=1S/C30H28N2O2/c1-3-15-27(16-4-1)31-23-25-13-7-9-19-29(25)33-21-11-12-22-34-30-20-10-8-14-26(30)24-32-28-17-5-2-6-18-28/h1-10,13-20,23-24H,11-12,21-22H2. The van der Waals surface area contributed by atoms with Gasteiger partial charge in [0.15, 0.2) is 0 Å². The quantitative estimate of drug-likeness (QED) is 0.177. The van der Waals surface area contributed by atoms with Gasteiger partial charge in [0.2, 0.25) is 0 Å². The lowest BCUT2D eigenvalue weighted by atomic mass is 10.2. The highest BCUT2D eigenvalue weighted by molar-refractivity contribution is 5.86. The van der Waals surface area contributed by atoms with Crippen molar-refractivity contribution in [2.24, 2.45) is 9.98 Å². The minimum absolute atomic E-state index is 0.622. The molecule has 0 saturated heterocycles. The molecule has 0 N–H and O–H groups in total. The van der Waals surface area contributed by atoms with Gasteiger partial charge in [-0.05, 0) is 61.4 Å². The number of nitrogens with zero attached hydrogens (tertiary/aromatic N) is 2. The molecule has 4 aromatic carbocycles. The average molecular weight is 449 g/mol. The number of hydrogen-bond acceptors (Lipinski definition) is 4. The third kappa shape index (κ3) is 7.17. The number of unbranched alkanes of at least 4 members (excludes halogenated alkanes) is 1. The van der Waals surface area contributed by atoms with E-state index in [-0.39, 0.29) is 0 Å². The molecule has 0 aliphatic carbocycles. The summed E-state index contributed by atoms with van der Waals surface area (Å²) in [5.74, 6) is 1.68. The van der Waals surface area contributed by atoms with Crippen LogP contribution in [-0.2, 0) is 0 Å². The third-order valence-corrected chi connectivity index (χ3v) is 5.11. The van der Waals surface area contributed by atoms with Gasteiger partial charge in [0.25, 0.3) is 0 Å². The van der Waals surface area contributed by atoms with E-state index in [9.17, 15) is 0 Å². The molecule has 0 amide bonds. The van der Waals surface area contributed by atoms with Gasteiger partial charge in [-0.2, -0.15) is 0 Å². The van der Waals surface area contributed by atoms with E-state index in [1.54, 1.807) is 0 Å². The van der Waals surface area contributed by atoms with Gasteiger partial charge in [-0.1, -0.05) is 60.7 Å². The molecule has 0 atom stereocenters. The third-order valence-electron chi connectivity index (χ3n) is 5.11. The number of hydrogen-bond donors (Lipinski definition) is 0. The largest absolute Gasteiger partial charge is 0.493 e. The van der Waals surface area contributed by atoms with E-state index in [4.69, 9.17) is 9.47 Å². The van der Waals surface area contributed by atoms with Gasteiger partial charge in [-0.3, -0.25) is 9.98 Å². The second-order valence-electron chi connectivity index (χ2n) is 7.67. The van der Waals surface area contributed by atoms with Crippen LogP contribution in [0.5, 0.6) is 11.5 Å². The van der Waals surface area contributed by atoms with Crippen LogP contribution >= 0.6 is 0 Å². The van der Waals surface area contributed by atoms with Crippen LogP contribution in [0.3, 0.4) is 0 Å². The summed E-state index contributed by atoms with van der Waals surface area (Å²) >= 11 is 0. The summed E-state index contributed by atoms with van der Waals surface area (Å²) in [5, 5.41) is 0. The van der Waals surface area contributed by atoms with Crippen LogP contribution in [0.2, 0.25) is 0 Å². The van der Waals surface area contributed by atoms with E-state index in [0.717, 1.165) is 46.8 Å². The molecule has 4 aromatic rings. The van der Waals surface area contributed by atoms with Crippen molar-refractivity contribution >= 4 is 23.8 Å². The number of benzene rings is 4. The molecule has 0 heterocycles. The highest BCUT2D eigenvalue weighted by Gasteiger charge is 2.03. The van der Waals surface area contributed by atoms with Gasteiger partial charge >= 0.3 is 0 Å². The Labute approximate surface area is 201 Å². The Morgan fingerprint density at radius 3 is 1.29 bits per heavy atom. The topological polar surface area (TPSA) is 43.2 Å². The fourth-order valence-electron chi connectivity index (χ4n) is 3.32. The van der Waals surface area contributed by atoms with Crippen molar-refractivity contribution in [1.82, 2.24) is 0 Å². The molecule has 4 nitrogen and oxygen atoms in total. The van der Waals surface area contributed by atoms with Crippen molar-refractivity contribution in [1.29, 1.82) is 0 Å². The van der Waals surface area contributed by atoms with Gasteiger partial charge < -0.3 is 9.47 Å². The van der Waals surface area contributed by atoms with Gasteiger partial charge in [0.1, 0.15) is 11.5 Å². The summed E-state index contributed by atoms with van der Waals surface area (Å²) < 4.78 is 12.0. The van der Waals surface area contributed by atoms with E-state index in [2.05, 4.69) is 9.98 Å². The first-order chi connectivity index (χ1) is 16.9. The van der Waals surface area contributed by atoms with Gasteiger partial charge in [0, 0.05) is 23.6 Å². The minimum Gasteiger partial charge on any atom is -0.493 e. The molecule has 0 saturated carbocycles. The van der Waals surface area contributed by atoms with Crippen LogP contribution in [0.25, 0.3) is 0 Å². The monoisotopic (exact) mass is 448 g/mol. The zero-order valence-corrected chi connectivity index (χ0v) is 19.1. The van der Waals surface area contributed by atoms with Crippen molar-refractivity contribution in [2.45, 2.75) is 12.8 Å². The number of aliphatic imine (C=N–C) groups is 2. The first-order valence-corrected chi connectivity index (χ1v) is 11.5. The molecule has 0 aliphatic heterocycles. The second-order valence-corrected chi connectivity index (χ2v) is 7.67. The minimum atomic E-state index is 0.622. The highest BCUT2D eigenvalue weighted by atomic mass is 16.5. The molecule has 34 heavy (non-hydrogen) atoms. The zero-order chi connectivity index (χ0) is 23.3. The van der Waals surface area contributed by atoms with Crippen molar-refractivity contribution in [3.05, 3.63) is 120 Å². The summed E-state index contributed by atoms with van der Waals surface area (Å²) in [6, 6.07) is 35.7. The first kappa shape index (κ1) is 23.0. The number of para-hydroxylation sites is 4. The lowest BCUT2D eigenvalue weighted by Crippen LogP contribution is -2.04. The molecule has 4 heteroatoms. The molecular weight excluding hydrogens is 420 g/mol. The normalized spacial score (nSPS) is 11.2. The number of rotatable bonds is 11. The maximum absolute atomic E-state index is 6.02. The maximum Gasteiger partial charge on any atom is 0.128 e. The Morgan fingerprint density at radius 1 is 0.471 bits per heavy atom. The highest BCUT2D eigenvalue weighted by Crippen LogP contribution is 2.20. The smallest absolute Gasteiger partial charge is 0.128 e. The van der Waals surface area contributed by atoms with Crippen LogP contribution in [0, 0.1) is 0 Å². The molecule has 170 valence electrons. The zero-order valence-electron chi connectivity index (χ0n) is 19.1. The fraction of sp³-hybridized carbons (Fsp3) is 0.133. The average Bonchev–Trinajstić information content (AvgIpc) is 2.90.